The molecular formula is C25H24N2O2S. The van der Waals surface area contributed by atoms with Crippen molar-refractivity contribution in [2.45, 2.75) is 25.5 Å². The average Bonchev–Trinajstić information content (AvgIpc) is 2.73. The van der Waals surface area contributed by atoms with Crippen LogP contribution in [0.3, 0.4) is 0 Å². The van der Waals surface area contributed by atoms with Crippen LogP contribution in [0.4, 0.5) is 0 Å². The molecule has 2 aromatic carbocycles. The summed E-state index contributed by atoms with van der Waals surface area (Å²) in [5.41, 5.74) is 7.08. The van der Waals surface area contributed by atoms with Gasteiger partial charge in [-0.2, -0.15) is 0 Å². The highest BCUT2D eigenvalue weighted by Crippen LogP contribution is 2.32. The van der Waals surface area contributed by atoms with Crippen LogP contribution in [-0.4, -0.2) is 29.9 Å². The molecule has 30 heavy (non-hydrogen) atoms. The summed E-state index contributed by atoms with van der Waals surface area (Å²) in [6.45, 7) is 3.73. The lowest BCUT2D eigenvalue weighted by atomic mass is 9.95. The van der Waals surface area contributed by atoms with E-state index in [2.05, 4.69) is 40.3 Å². The lowest BCUT2D eigenvalue weighted by Gasteiger charge is -2.14. The molecule has 152 valence electrons. The van der Waals surface area contributed by atoms with Crippen LogP contribution in [0.5, 0.6) is 0 Å². The summed E-state index contributed by atoms with van der Waals surface area (Å²) in [6, 6.07) is 20.4. The van der Waals surface area contributed by atoms with Gasteiger partial charge in [-0.1, -0.05) is 30.3 Å². The smallest absolute Gasteiger partial charge is 0.150 e. The third-order valence-corrected chi connectivity index (χ3v) is 7.07. The van der Waals surface area contributed by atoms with Gasteiger partial charge >= 0.3 is 0 Å². The normalized spacial score (nSPS) is 12.8. The fourth-order valence-corrected chi connectivity index (χ4v) is 4.08. The molecule has 0 saturated carbocycles. The van der Waals surface area contributed by atoms with Crippen LogP contribution in [0.25, 0.3) is 33.2 Å². The number of aryl methyl sites for hydroxylation is 1. The van der Waals surface area contributed by atoms with Crippen LogP contribution in [0.1, 0.15) is 18.2 Å². The summed E-state index contributed by atoms with van der Waals surface area (Å²) in [4.78, 5) is 9.02. The van der Waals surface area contributed by atoms with Crippen LogP contribution >= 0.6 is 0 Å². The van der Waals surface area contributed by atoms with Gasteiger partial charge in [0.25, 0.3) is 0 Å². The predicted octanol–water partition coefficient (Wildman–Crippen LogP) is 5.25. The van der Waals surface area contributed by atoms with Crippen molar-refractivity contribution >= 4 is 20.7 Å². The van der Waals surface area contributed by atoms with Crippen molar-refractivity contribution in [1.82, 2.24) is 9.97 Å². The number of fused-ring (bicyclic) bond motifs is 1. The van der Waals surface area contributed by atoms with Crippen molar-refractivity contribution in [1.29, 1.82) is 0 Å². The minimum atomic E-state index is -3.10. The molecule has 4 aromatic rings. The molecule has 5 heteroatoms. The van der Waals surface area contributed by atoms with Crippen molar-refractivity contribution in [2.24, 2.45) is 0 Å². The van der Waals surface area contributed by atoms with Crippen molar-refractivity contribution in [3.05, 3.63) is 84.3 Å². The molecule has 1 unspecified atom stereocenters. The third kappa shape index (κ3) is 4.26. The first-order chi connectivity index (χ1) is 14.3. The van der Waals surface area contributed by atoms with Gasteiger partial charge in [0, 0.05) is 40.9 Å². The second-order valence-electron chi connectivity index (χ2n) is 7.83. The fourth-order valence-electron chi connectivity index (χ4n) is 3.58. The van der Waals surface area contributed by atoms with E-state index in [1.807, 2.05) is 43.5 Å². The second-order valence-corrected chi connectivity index (χ2v) is 10.3. The Hall–Kier alpha value is -3.05. The Morgan fingerprint density at radius 2 is 1.70 bits per heavy atom. The van der Waals surface area contributed by atoms with Crippen LogP contribution in [-0.2, 0) is 16.3 Å². The van der Waals surface area contributed by atoms with E-state index in [9.17, 15) is 8.42 Å². The second kappa shape index (κ2) is 8.00. The minimum Gasteiger partial charge on any atom is -0.261 e. The van der Waals surface area contributed by atoms with Gasteiger partial charge in [0.05, 0.1) is 10.8 Å². The molecule has 0 saturated heterocycles. The van der Waals surface area contributed by atoms with E-state index in [1.165, 1.54) is 6.26 Å². The van der Waals surface area contributed by atoms with Crippen molar-refractivity contribution < 1.29 is 8.42 Å². The van der Waals surface area contributed by atoms with Gasteiger partial charge in [0.1, 0.15) is 9.84 Å². The zero-order valence-electron chi connectivity index (χ0n) is 17.3. The SMILES string of the molecule is Cc1ccc(-c2cccc(-c3cc(CC(C)S(C)(=O)=O)cc4cccnc34)c2)cn1. The highest BCUT2D eigenvalue weighted by molar-refractivity contribution is 7.91. The standard InChI is InChI=1S/C25H24N2O2S/c1-17-9-10-23(16-27-17)20-6-4-7-21(15-20)24-14-19(12-18(2)30(3,28)29)13-22-8-5-11-26-25(22)24/h4-11,13-16,18H,12H2,1-3H3. The van der Waals surface area contributed by atoms with Crippen molar-refractivity contribution in [3.63, 3.8) is 0 Å². The van der Waals surface area contributed by atoms with Gasteiger partial charge in [0.15, 0.2) is 0 Å². The molecule has 0 radical (unpaired) electrons. The quantitative estimate of drug-likeness (QED) is 0.446. The van der Waals surface area contributed by atoms with E-state index in [-0.39, 0.29) is 0 Å². The first-order valence-corrected chi connectivity index (χ1v) is 11.9. The molecule has 1 atom stereocenters. The molecule has 0 bridgehead atoms. The Bertz CT molecular complexity index is 1310. The maximum Gasteiger partial charge on any atom is 0.150 e. The summed E-state index contributed by atoms with van der Waals surface area (Å²) in [6.07, 6.45) is 5.44. The number of nitrogens with zero attached hydrogens (tertiary/aromatic N) is 2. The van der Waals surface area contributed by atoms with Gasteiger partial charge in [-0.15, -0.1) is 0 Å². The molecule has 0 N–H and O–H groups in total. The average molecular weight is 417 g/mol. The van der Waals surface area contributed by atoms with Crippen LogP contribution in [0.15, 0.2) is 73.1 Å². The van der Waals surface area contributed by atoms with Gasteiger partial charge in [-0.05, 0) is 67.3 Å². The zero-order chi connectivity index (χ0) is 21.3. The van der Waals surface area contributed by atoms with Gasteiger partial charge in [-0.25, -0.2) is 8.42 Å². The van der Waals surface area contributed by atoms with E-state index in [0.29, 0.717) is 6.42 Å². The van der Waals surface area contributed by atoms with Gasteiger partial charge < -0.3 is 0 Å². The monoisotopic (exact) mass is 416 g/mol. The maximum atomic E-state index is 12.0. The van der Waals surface area contributed by atoms with E-state index < -0.39 is 15.1 Å². The minimum absolute atomic E-state index is 0.440. The molecule has 0 aliphatic heterocycles. The van der Waals surface area contributed by atoms with E-state index in [4.69, 9.17) is 0 Å². The number of benzene rings is 2. The van der Waals surface area contributed by atoms with Crippen LogP contribution in [0, 0.1) is 6.92 Å². The highest BCUT2D eigenvalue weighted by Gasteiger charge is 2.17. The number of sulfone groups is 1. The van der Waals surface area contributed by atoms with Gasteiger partial charge in [-0.3, -0.25) is 9.97 Å². The molecular weight excluding hydrogens is 392 g/mol. The lowest BCUT2D eigenvalue weighted by molar-refractivity contribution is 0.588. The molecule has 2 aromatic heterocycles. The van der Waals surface area contributed by atoms with E-state index >= 15 is 0 Å². The fraction of sp³-hybridized carbons (Fsp3) is 0.200. The molecule has 0 fully saturated rings. The Morgan fingerprint density at radius 3 is 2.43 bits per heavy atom. The molecule has 0 amide bonds. The highest BCUT2D eigenvalue weighted by atomic mass is 32.2. The Labute approximate surface area is 177 Å². The molecule has 0 aliphatic rings. The topological polar surface area (TPSA) is 59.9 Å². The molecule has 0 aliphatic carbocycles. The number of pyridine rings is 2. The lowest BCUT2D eigenvalue weighted by Crippen LogP contribution is -2.18. The number of aromatic nitrogens is 2. The predicted molar refractivity (Wildman–Crippen MR) is 123 cm³/mol. The van der Waals surface area contributed by atoms with E-state index in [0.717, 1.165) is 44.4 Å². The number of rotatable bonds is 5. The first-order valence-electron chi connectivity index (χ1n) is 9.91. The van der Waals surface area contributed by atoms with Crippen LogP contribution < -0.4 is 0 Å². The van der Waals surface area contributed by atoms with E-state index in [1.54, 1.807) is 13.1 Å². The summed E-state index contributed by atoms with van der Waals surface area (Å²) in [7, 11) is -3.10. The first kappa shape index (κ1) is 20.2. The Balaban J connectivity index is 1.83. The maximum absolute atomic E-state index is 12.0. The number of hydrogen-bond donors (Lipinski definition) is 0. The Kier molecular flexibility index (Phi) is 5.39. The third-order valence-electron chi connectivity index (χ3n) is 5.44. The van der Waals surface area contributed by atoms with Crippen molar-refractivity contribution in [3.8, 4) is 22.3 Å². The summed E-state index contributed by atoms with van der Waals surface area (Å²) < 4.78 is 23.9. The zero-order valence-corrected chi connectivity index (χ0v) is 18.1. The summed E-state index contributed by atoms with van der Waals surface area (Å²) in [5, 5.41) is 0.567. The summed E-state index contributed by atoms with van der Waals surface area (Å²) >= 11 is 0. The van der Waals surface area contributed by atoms with Gasteiger partial charge in [0.2, 0.25) is 0 Å². The molecule has 0 spiro atoms. The summed E-state index contributed by atoms with van der Waals surface area (Å²) in [5.74, 6) is 0. The van der Waals surface area contributed by atoms with Crippen molar-refractivity contribution in [2.75, 3.05) is 6.26 Å². The Morgan fingerprint density at radius 1 is 0.900 bits per heavy atom. The molecule has 4 rings (SSSR count). The largest absolute Gasteiger partial charge is 0.261 e. The molecule has 4 nitrogen and oxygen atoms in total. The number of hydrogen-bond acceptors (Lipinski definition) is 4. The molecule has 2 heterocycles. The van der Waals surface area contributed by atoms with Crippen LogP contribution in [0.2, 0.25) is 0 Å².